The molecule has 0 spiro atoms. The van der Waals surface area contributed by atoms with E-state index in [0.717, 1.165) is 0 Å². The summed E-state index contributed by atoms with van der Waals surface area (Å²) < 4.78 is 60.6. The molecule has 0 aliphatic rings. The minimum absolute atomic E-state index is 0.173. The van der Waals surface area contributed by atoms with Crippen molar-refractivity contribution in [3.63, 3.8) is 0 Å². The lowest BCUT2D eigenvalue weighted by Gasteiger charge is -2.18. The second kappa shape index (κ2) is 4.21. The topological polar surface area (TPSA) is 29.5 Å². The molecule has 0 radical (unpaired) electrons. The average molecular weight is 227 g/mol. The molecule has 8 heteroatoms. The van der Waals surface area contributed by atoms with Crippen LogP contribution in [0.2, 0.25) is 0 Å². The fourth-order valence-corrected chi connectivity index (χ4v) is 0.615. The van der Waals surface area contributed by atoms with Gasteiger partial charge in [0.15, 0.2) is 5.83 Å². The first-order chi connectivity index (χ1) is 5.75. The maximum Gasteiger partial charge on any atom is 0.387 e. The van der Waals surface area contributed by atoms with Crippen LogP contribution in [0.3, 0.4) is 0 Å². The first-order valence-corrected chi connectivity index (χ1v) is 3.23. The standard InChI is InChI=1S/C5H4ClF5O2/c6-1-3(7)4(8,9)2-5(10,11)13-12/h1,12H,2H2/b3-1-. The van der Waals surface area contributed by atoms with Crippen molar-refractivity contribution in [2.75, 3.05) is 0 Å². The maximum atomic E-state index is 12.3. The van der Waals surface area contributed by atoms with Crippen molar-refractivity contribution < 1.29 is 32.1 Å². The zero-order valence-corrected chi connectivity index (χ0v) is 6.66. The Bertz CT molecular complexity index is 205. The lowest BCUT2D eigenvalue weighted by molar-refractivity contribution is -0.424. The molecule has 0 unspecified atom stereocenters. The minimum Gasteiger partial charge on any atom is -0.246 e. The third-order valence-electron chi connectivity index (χ3n) is 1.01. The summed E-state index contributed by atoms with van der Waals surface area (Å²) in [4.78, 5) is 2.42. The molecule has 0 aromatic carbocycles. The van der Waals surface area contributed by atoms with Crippen LogP contribution in [0.15, 0.2) is 11.4 Å². The molecule has 1 N–H and O–H groups in total. The normalized spacial score (nSPS) is 14.8. The van der Waals surface area contributed by atoms with Gasteiger partial charge >= 0.3 is 12.0 Å². The summed E-state index contributed by atoms with van der Waals surface area (Å²) in [6, 6.07) is 0. The van der Waals surface area contributed by atoms with Gasteiger partial charge in [-0.25, -0.2) is 9.65 Å². The van der Waals surface area contributed by atoms with Gasteiger partial charge in [0.2, 0.25) is 0 Å². The number of alkyl halides is 4. The highest BCUT2D eigenvalue weighted by Gasteiger charge is 2.48. The van der Waals surface area contributed by atoms with E-state index < -0.39 is 24.3 Å². The summed E-state index contributed by atoms with van der Waals surface area (Å²) in [5.41, 5.74) is -0.173. The third kappa shape index (κ3) is 3.88. The Balaban J connectivity index is 4.51. The monoisotopic (exact) mass is 226 g/mol. The minimum atomic E-state index is -4.53. The molecule has 0 rings (SSSR count). The number of halogens is 6. The van der Waals surface area contributed by atoms with E-state index in [9.17, 15) is 22.0 Å². The van der Waals surface area contributed by atoms with E-state index in [0.29, 0.717) is 0 Å². The van der Waals surface area contributed by atoms with Gasteiger partial charge in [0.1, 0.15) is 6.42 Å². The summed E-state index contributed by atoms with van der Waals surface area (Å²) in [7, 11) is 0. The number of hydrogen-bond acceptors (Lipinski definition) is 2. The molecular weight excluding hydrogens is 222 g/mol. The van der Waals surface area contributed by atoms with Gasteiger partial charge in [-0.05, 0) is 0 Å². The average Bonchev–Trinajstić information content (AvgIpc) is 2.01. The van der Waals surface area contributed by atoms with Crippen molar-refractivity contribution in [2.45, 2.75) is 18.5 Å². The van der Waals surface area contributed by atoms with Crippen LogP contribution in [0.25, 0.3) is 0 Å². The van der Waals surface area contributed by atoms with Gasteiger partial charge in [-0.1, -0.05) is 11.6 Å². The molecule has 0 aromatic heterocycles. The lowest BCUT2D eigenvalue weighted by atomic mass is 10.2. The van der Waals surface area contributed by atoms with Crippen LogP contribution in [0, 0.1) is 0 Å². The van der Waals surface area contributed by atoms with Crippen LogP contribution < -0.4 is 0 Å². The molecule has 0 fully saturated rings. The van der Waals surface area contributed by atoms with Gasteiger partial charge in [-0.3, -0.25) is 0 Å². The molecule has 0 heterocycles. The van der Waals surface area contributed by atoms with E-state index in [2.05, 4.69) is 16.5 Å². The molecule has 0 aromatic rings. The molecule has 0 saturated heterocycles. The Labute approximate surface area is 74.5 Å². The van der Waals surface area contributed by atoms with Crippen molar-refractivity contribution in [1.29, 1.82) is 0 Å². The molecule has 0 atom stereocenters. The second-order valence-electron chi connectivity index (χ2n) is 2.07. The smallest absolute Gasteiger partial charge is 0.246 e. The van der Waals surface area contributed by atoms with Gasteiger partial charge in [0.05, 0.1) is 0 Å². The Morgan fingerprint density at radius 2 is 1.85 bits per heavy atom. The summed E-state index contributed by atoms with van der Waals surface area (Å²) in [5, 5.41) is 7.45. The Hall–Kier alpha value is -0.400. The molecule has 0 aliphatic heterocycles. The Morgan fingerprint density at radius 3 is 2.15 bits per heavy atom. The molecule has 0 bridgehead atoms. The highest BCUT2D eigenvalue weighted by atomic mass is 35.5. The van der Waals surface area contributed by atoms with Crippen molar-refractivity contribution in [1.82, 2.24) is 0 Å². The second-order valence-corrected chi connectivity index (χ2v) is 2.29. The molecule has 13 heavy (non-hydrogen) atoms. The number of hydrogen-bond donors (Lipinski definition) is 1. The first kappa shape index (κ1) is 12.6. The zero-order valence-electron chi connectivity index (χ0n) is 5.91. The van der Waals surface area contributed by atoms with Crippen LogP contribution >= 0.6 is 11.6 Å². The molecule has 78 valence electrons. The number of allylic oxidation sites excluding steroid dienone is 1. The highest BCUT2D eigenvalue weighted by Crippen LogP contribution is 2.36. The lowest BCUT2D eigenvalue weighted by Crippen LogP contribution is -2.31. The van der Waals surface area contributed by atoms with Gasteiger partial charge < -0.3 is 0 Å². The summed E-state index contributed by atoms with van der Waals surface area (Å²) in [5.74, 6) is -6.71. The molecule has 0 amide bonds. The fraction of sp³-hybridized carbons (Fsp3) is 0.600. The first-order valence-electron chi connectivity index (χ1n) is 2.80. The van der Waals surface area contributed by atoms with E-state index >= 15 is 0 Å². The van der Waals surface area contributed by atoms with Crippen LogP contribution in [0.1, 0.15) is 6.42 Å². The predicted molar refractivity (Wildman–Crippen MR) is 33.3 cm³/mol. The van der Waals surface area contributed by atoms with Gasteiger partial charge in [0.25, 0.3) is 0 Å². The van der Waals surface area contributed by atoms with Crippen LogP contribution in [-0.2, 0) is 4.89 Å². The zero-order chi connectivity index (χ0) is 10.7. The molecule has 0 saturated carbocycles. The van der Waals surface area contributed by atoms with Gasteiger partial charge in [-0.15, -0.1) is 0 Å². The van der Waals surface area contributed by atoms with Crippen molar-refractivity contribution in [3.8, 4) is 0 Å². The molecule has 2 nitrogen and oxygen atoms in total. The Morgan fingerprint density at radius 1 is 1.38 bits per heavy atom. The number of rotatable bonds is 4. The van der Waals surface area contributed by atoms with Crippen LogP contribution in [-0.4, -0.2) is 17.3 Å². The third-order valence-corrected chi connectivity index (χ3v) is 1.20. The van der Waals surface area contributed by atoms with Crippen LogP contribution in [0.5, 0.6) is 0 Å². The fourth-order valence-electron chi connectivity index (χ4n) is 0.455. The van der Waals surface area contributed by atoms with Gasteiger partial charge in [0, 0.05) is 5.54 Å². The van der Waals surface area contributed by atoms with Crippen LogP contribution in [0.4, 0.5) is 22.0 Å². The van der Waals surface area contributed by atoms with Crippen molar-refractivity contribution in [2.24, 2.45) is 0 Å². The van der Waals surface area contributed by atoms with Crippen molar-refractivity contribution in [3.05, 3.63) is 11.4 Å². The van der Waals surface area contributed by atoms with E-state index in [-0.39, 0.29) is 5.54 Å². The summed E-state index contributed by atoms with van der Waals surface area (Å²) in [6.45, 7) is 0. The quantitative estimate of drug-likeness (QED) is 0.453. The van der Waals surface area contributed by atoms with E-state index in [4.69, 9.17) is 5.26 Å². The van der Waals surface area contributed by atoms with E-state index in [1.807, 2.05) is 0 Å². The van der Waals surface area contributed by atoms with E-state index in [1.54, 1.807) is 0 Å². The molecular formula is C5H4ClF5O2. The summed E-state index contributed by atoms with van der Waals surface area (Å²) in [6.07, 6.45) is -6.85. The predicted octanol–water partition coefficient (Wildman–Crippen LogP) is 3.14. The highest BCUT2D eigenvalue weighted by molar-refractivity contribution is 6.25. The SMILES string of the molecule is OOC(F)(F)CC(F)(F)/C(F)=C/Cl. The van der Waals surface area contributed by atoms with Crippen molar-refractivity contribution >= 4 is 11.6 Å². The van der Waals surface area contributed by atoms with Gasteiger partial charge in [-0.2, -0.15) is 22.4 Å². The Kier molecular flexibility index (Phi) is 4.08. The maximum absolute atomic E-state index is 12.3. The summed E-state index contributed by atoms with van der Waals surface area (Å²) >= 11 is 4.54. The van der Waals surface area contributed by atoms with E-state index in [1.165, 1.54) is 0 Å². The molecule has 0 aliphatic carbocycles. The largest absolute Gasteiger partial charge is 0.387 e.